The molecule has 0 saturated carbocycles. The van der Waals surface area contributed by atoms with Crippen LogP contribution in [0.15, 0.2) is 0 Å². The zero-order valence-electron chi connectivity index (χ0n) is 9.51. The summed E-state index contributed by atoms with van der Waals surface area (Å²) < 4.78 is 5.51. The van der Waals surface area contributed by atoms with Crippen LogP contribution in [0.4, 0.5) is 0 Å². The molecule has 0 spiro atoms. The molecule has 0 fully saturated rings. The highest BCUT2D eigenvalue weighted by atomic mass is 32.2. The van der Waals surface area contributed by atoms with Gasteiger partial charge in [0.1, 0.15) is 0 Å². The van der Waals surface area contributed by atoms with Crippen molar-refractivity contribution in [2.75, 3.05) is 24.7 Å². The average molecular weight is 204 g/mol. The summed E-state index contributed by atoms with van der Waals surface area (Å²) in [5.74, 6) is 3.98. The van der Waals surface area contributed by atoms with Crippen LogP contribution in [0.3, 0.4) is 0 Å². The van der Waals surface area contributed by atoms with E-state index in [0.29, 0.717) is 0 Å². The van der Waals surface area contributed by atoms with E-state index in [1.54, 1.807) is 0 Å². The molecule has 0 aliphatic heterocycles. The van der Waals surface area contributed by atoms with Gasteiger partial charge in [0.2, 0.25) is 0 Å². The van der Waals surface area contributed by atoms with E-state index in [-0.39, 0.29) is 0 Å². The van der Waals surface area contributed by atoms with Crippen molar-refractivity contribution in [3.05, 3.63) is 0 Å². The Balaban J connectivity index is 2.92. The summed E-state index contributed by atoms with van der Waals surface area (Å²) in [5.41, 5.74) is 0. The maximum Gasteiger partial charge on any atom is 0.0556 e. The van der Waals surface area contributed by atoms with E-state index < -0.39 is 0 Å². The minimum Gasteiger partial charge on any atom is -0.381 e. The Morgan fingerprint density at radius 1 is 1.00 bits per heavy atom. The molecular weight excluding hydrogens is 180 g/mol. The van der Waals surface area contributed by atoms with Crippen LogP contribution < -0.4 is 0 Å². The van der Waals surface area contributed by atoms with Gasteiger partial charge in [-0.1, -0.05) is 27.7 Å². The number of hydrogen-bond donors (Lipinski definition) is 0. The molecule has 13 heavy (non-hydrogen) atoms. The SMILES string of the molecule is CC(C)CCOCCSCC(C)C. The summed E-state index contributed by atoms with van der Waals surface area (Å²) in [6, 6.07) is 0. The van der Waals surface area contributed by atoms with Gasteiger partial charge in [-0.2, -0.15) is 11.8 Å². The van der Waals surface area contributed by atoms with Crippen molar-refractivity contribution in [2.24, 2.45) is 11.8 Å². The van der Waals surface area contributed by atoms with Crippen LogP contribution >= 0.6 is 11.8 Å². The molecule has 2 heteroatoms. The molecule has 0 radical (unpaired) electrons. The van der Waals surface area contributed by atoms with Crippen molar-refractivity contribution in [3.8, 4) is 0 Å². The summed E-state index contributed by atoms with van der Waals surface area (Å²) in [7, 11) is 0. The van der Waals surface area contributed by atoms with E-state index >= 15 is 0 Å². The van der Waals surface area contributed by atoms with Crippen LogP contribution in [0.1, 0.15) is 34.1 Å². The first-order valence-electron chi connectivity index (χ1n) is 5.28. The first-order chi connectivity index (χ1) is 6.13. The molecule has 0 rings (SSSR count). The summed E-state index contributed by atoms with van der Waals surface area (Å²) in [5, 5.41) is 0. The van der Waals surface area contributed by atoms with Crippen molar-refractivity contribution in [2.45, 2.75) is 34.1 Å². The molecule has 0 amide bonds. The molecule has 0 aromatic heterocycles. The molecule has 0 aliphatic rings. The number of ether oxygens (including phenoxy) is 1. The molecule has 0 N–H and O–H groups in total. The Bertz CT molecular complexity index is 90.3. The number of hydrogen-bond acceptors (Lipinski definition) is 2. The highest BCUT2D eigenvalue weighted by Crippen LogP contribution is 2.07. The maximum absolute atomic E-state index is 5.51. The largest absolute Gasteiger partial charge is 0.381 e. The van der Waals surface area contributed by atoms with Gasteiger partial charge in [-0.15, -0.1) is 0 Å². The molecular formula is C11H24OS. The lowest BCUT2D eigenvalue weighted by Gasteiger charge is -2.07. The smallest absolute Gasteiger partial charge is 0.0556 e. The van der Waals surface area contributed by atoms with Gasteiger partial charge < -0.3 is 4.74 Å². The Morgan fingerprint density at radius 2 is 1.69 bits per heavy atom. The monoisotopic (exact) mass is 204 g/mol. The van der Waals surface area contributed by atoms with Crippen LogP contribution in [-0.2, 0) is 4.74 Å². The third-order valence-electron chi connectivity index (χ3n) is 1.66. The predicted molar refractivity (Wildman–Crippen MR) is 62.4 cm³/mol. The minimum absolute atomic E-state index is 0.767. The predicted octanol–water partition coefficient (Wildman–Crippen LogP) is 3.44. The maximum atomic E-state index is 5.51. The Hall–Kier alpha value is 0.310. The van der Waals surface area contributed by atoms with Crippen molar-refractivity contribution < 1.29 is 4.74 Å². The van der Waals surface area contributed by atoms with Crippen LogP contribution in [-0.4, -0.2) is 24.7 Å². The normalized spacial score (nSPS) is 11.5. The first kappa shape index (κ1) is 13.3. The van der Waals surface area contributed by atoms with E-state index in [1.807, 2.05) is 11.8 Å². The average Bonchev–Trinajstić information content (AvgIpc) is 2.01. The van der Waals surface area contributed by atoms with Gasteiger partial charge in [0.05, 0.1) is 6.61 Å². The van der Waals surface area contributed by atoms with Crippen molar-refractivity contribution >= 4 is 11.8 Å². The Morgan fingerprint density at radius 3 is 2.23 bits per heavy atom. The highest BCUT2D eigenvalue weighted by molar-refractivity contribution is 7.99. The Labute approximate surface area is 87.6 Å². The zero-order chi connectivity index (χ0) is 10.1. The van der Waals surface area contributed by atoms with Gasteiger partial charge >= 0.3 is 0 Å². The van der Waals surface area contributed by atoms with Crippen LogP contribution in [0.2, 0.25) is 0 Å². The lowest BCUT2D eigenvalue weighted by molar-refractivity contribution is 0.138. The van der Waals surface area contributed by atoms with Crippen LogP contribution in [0, 0.1) is 11.8 Å². The molecule has 80 valence electrons. The highest BCUT2D eigenvalue weighted by Gasteiger charge is 1.95. The molecule has 0 bridgehead atoms. The van der Waals surface area contributed by atoms with Gasteiger partial charge in [0.15, 0.2) is 0 Å². The van der Waals surface area contributed by atoms with Crippen molar-refractivity contribution in [3.63, 3.8) is 0 Å². The van der Waals surface area contributed by atoms with Gasteiger partial charge in [0.25, 0.3) is 0 Å². The third kappa shape index (κ3) is 12.3. The summed E-state index contributed by atoms with van der Waals surface area (Å²) >= 11 is 2.00. The Kier molecular flexibility index (Phi) is 9.10. The van der Waals surface area contributed by atoms with Gasteiger partial charge in [-0.25, -0.2) is 0 Å². The standard InChI is InChI=1S/C11H24OS/c1-10(2)5-6-12-7-8-13-9-11(3)4/h10-11H,5-9H2,1-4H3. The second kappa shape index (κ2) is 8.89. The molecule has 0 aliphatic carbocycles. The molecule has 0 saturated heterocycles. The fourth-order valence-corrected chi connectivity index (χ4v) is 1.73. The van der Waals surface area contributed by atoms with Crippen LogP contribution in [0.5, 0.6) is 0 Å². The van der Waals surface area contributed by atoms with E-state index in [0.717, 1.165) is 30.8 Å². The molecule has 0 aromatic carbocycles. The fourth-order valence-electron chi connectivity index (χ4n) is 0.858. The van der Waals surface area contributed by atoms with Gasteiger partial charge in [-0.3, -0.25) is 0 Å². The fraction of sp³-hybridized carbons (Fsp3) is 1.00. The van der Waals surface area contributed by atoms with Gasteiger partial charge in [-0.05, 0) is 24.0 Å². The topological polar surface area (TPSA) is 9.23 Å². The second-order valence-electron chi connectivity index (χ2n) is 4.26. The first-order valence-corrected chi connectivity index (χ1v) is 6.44. The lowest BCUT2D eigenvalue weighted by Crippen LogP contribution is -2.03. The molecule has 0 atom stereocenters. The summed E-state index contributed by atoms with van der Waals surface area (Å²) in [4.78, 5) is 0. The molecule has 1 nitrogen and oxygen atoms in total. The van der Waals surface area contributed by atoms with E-state index in [1.165, 1.54) is 12.2 Å². The minimum atomic E-state index is 0.767. The number of rotatable bonds is 8. The van der Waals surface area contributed by atoms with E-state index in [2.05, 4.69) is 27.7 Å². The van der Waals surface area contributed by atoms with Crippen molar-refractivity contribution in [1.82, 2.24) is 0 Å². The molecule has 0 heterocycles. The van der Waals surface area contributed by atoms with Crippen LogP contribution in [0.25, 0.3) is 0 Å². The molecule has 0 aromatic rings. The number of thioether (sulfide) groups is 1. The molecule has 0 unspecified atom stereocenters. The van der Waals surface area contributed by atoms with E-state index in [9.17, 15) is 0 Å². The van der Waals surface area contributed by atoms with E-state index in [4.69, 9.17) is 4.74 Å². The summed E-state index contributed by atoms with van der Waals surface area (Å²) in [6.07, 6.45) is 1.19. The van der Waals surface area contributed by atoms with Gasteiger partial charge in [0, 0.05) is 12.4 Å². The lowest BCUT2D eigenvalue weighted by atomic mass is 10.1. The zero-order valence-corrected chi connectivity index (χ0v) is 10.3. The second-order valence-corrected chi connectivity index (χ2v) is 5.41. The third-order valence-corrected chi connectivity index (χ3v) is 3.02. The quantitative estimate of drug-likeness (QED) is 0.560. The van der Waals surface area contributed by atoms with Crippen molar-refractivity contribution in [1.29, 1.82) is 0 Å². The summed E-state index contributed by atoms with van der Waals surface area (Å²) in [6.45, 7) is 10.8.